The van der Waals surface area contributed by atoms with E-state index in [-0.39, 0.29) is 11.6 Å². The molecule has 6 rings (SSSR count). The normalized spacial score (nSPS) is 12.3. The lowest BCUT2D eigenvalue weighted by Gasteiger charge is -2.43. The highest BCUT2D eigenvalue weighted by atomic mass is 32.1. The van der Waals surface area contributed by atoms with Crippen molar-refractivity contribution in [2.75, 3.05) is 20.3 Å². The molecular formula is C43H47NO6SSi. The third-order valence-corrected chi connectivity index (χ3v) is 15.4. The summed E-state index contributed by atoms with van der Waals surface area (Å²) in [4.78, 5) is 27.9. The van der Waals surface area contributed by atoms with E-state index in [1.807, 2.05) is 69.3 Å². The van der Waals surface area contributed by atoms with Crippen LogP contribution in [0, 0.1) is 0 Å². The molecule has 270 valence electrons. The highest BCUT2D eigenvalue weighted by Crippen LogP contribution is 2.46. The van der Waals surface area contributed by atoms with Crippen LogP contribution in [0.3, 0.4) is 0 Å². The first-order valence-corrected chi connectivity index (χ1v) is 20.4. The largest absolute Gasteiger partial charge is 0.496 e. The molecule has 4 aromatic carbocycles. The number of carbonyl (C=O) groups excluding carboxylic acids is 2. The number of methoxy groups -OCH3 is 1. The molecule has 0 radical (unpaired) electrons. The predicted molar refractivity (Wildman–Crippen MR) is 214 cm³/mol. The van der Waals surface area contributed by atoms with Crippen molar-refractivity contribution in [3.05, 3.63) is 114 Å². The van der Waals surface area contributed by atoms with Gasteiger partial charge in [-0.05, 0) is 79.4 Å². The Morgan fingerprint density at radius 3 is 2.00 bits per heavy atom. The van der Waals surface area contributed by atoms with E-state index in [9.17, 15) is 9.59 Å². The van der Waals surface area contributed by atoms with Crippen LogP contribution < -0.4 is 15.1 Å². The van der Waals surface area contributed by atoms with Gasteiger partial charge in [-0.3, -0.25) is 0 Å². The van der Waals surface area contributed by atoms with Crippen LogP contribution in [0.25, 0.3) is 31.6 Å². The molecule has 0 aliphatic rings. The average Bonchev–Trinajstić information content (AvgIpc) is 3.68. The van der Waals surface area contributed by atoms with Gasteiger partial charge in [0.1, 0.15) is 11.4 Å². The Morgan fingerprint density at radius 2 is 1.42 bits per heavy atom. The standard InChI is InChI=1S/C43H47NO6SSi/c1-9-48-40(45)30-27-36(47-8)38-33(24-25-49-52(43(5,6)7,31-19-12-10-13-20-31)32-21-14-11-15-22-32)39(51-37(38)28-30)35-26-29-18-16-17-23-34(29)44(35)41(46)50-42(2,3)4/h10-23,26-28H,9,24-25H2,1-8H3. The average molecular weight is 734 g/mol. The first-order valence-electron chi connectivity index (χ1n) is 17.7. The van der Waals surface area contributed by atoms with Crippen molar-refractivity contribution in [1.29, 1.82) is 0 Å². The lowest BCUT2D eigenvalue weighted by Crippen LogP contribution is -2.66. The fourth-order valence-corrected chi connectivity index (χ4v) is 13.0. The van der Waals surface area contributed by atoms with Gasteiger partial charge in [-0.1, -0.05) is 99.6 Å². The number of esters is 1. The summed E-state index contributed by atoms with van der Waals surface area (Å²) in [6.07, 6.45) is 0.0555. The highest BCUT2D eigenvalue weighted by Gasteiger charge is 2.50. The maximum Gasteiger partial charge on any atom is 0.419 e. The monoisotopic (exact) mass is 733 g/mol. The molecule has 0 spiro atoms. The molecule has 7 nitrogen and oxygen atoms in total. The molecule has 0 saturated carbocycles. The zero-order chi connectivity index (χ0) is 37.3. The third-order valence-electron chi connectivity index (χ3n) is 9.19. The molecule has 0 fully saturated rings. The summed E-state index contributed by atoms with van der Waals surface area (Å²) >= 11 is 1.52. The molecule has 0 bridgehead atoms. The van der Waals surface area contributed by atoms with Crippen molar-refractivity contribution in [3.63, 3.8) is 0 Å². The van der Waals surface area contributed by atoms with Crippen molar-refractivity contribution in [2.24, 2.45) is 0 Å². The van der Waals surface area contributed by atoms with Crippen LogP contribution in [0.5, 0.6) is 5.75 Å². The van der Waals surface area contributed by atoms with Gasteiger partial charge < -0.3 is 18.6 Å². The first kappa shape index (κ1) is 37.1. The maximum atomic E-state index is 14.0. The number of hydrogen-bond acceptors (Lipinski definition) is 7. The smallest absolute Gasteiger partial charge is 0.419 e. The number of nitrogens with zero attached hydrogens (tertiary/aromatic N) is 1. The molecule has 2 heterocycles. The molecule has 0 saturated heterocycles. The van der Waals surface area contributed by atoms with Gasteiger partial charge in [0.25, 0.3) is 8.32 Å². The minimum Gasteiger partial charge on any atom is -0.496 e. The number of benzene rings is 4. The lowest BCUT2D eigenvalue weighted by molar-refractivity contribution is 0.0522. The highest BCUT2D eigenvalue weighted by molar-refractivity contribution is 7.22. The first-order chi connectivity index (χ1) is 24.8. The topological polar surface area (TPSA) is 76.0 Å². The van der Waals surface area contributed by atoms with Crippen LogP contribution in [0.4, 0.5) is 4.79 Å². The van der Waals surface area contributed by atoms with E-state index in [1.165, 1.54) is 21.7 Å². The Morgan fingerprint density at radius 1 is 0.808 bits per heavy atom. The summed E-state index contributed by atoms with van der Waals surface area (Å²) in [5.74, 6) is 0.139. The van der Waals surface area contributed by atoms with E-state index in [2.05, 4.69) is 69.3 Å². The van der Waals surface area contributed by atoms with Gasteiger partial charge >= 0.3 is 12.1 Å². The summed E-state index contributed by atoms with van der Waals surface area (Å²) in [5, 5.41) is 3.98. The Hall–Kier alpha value is -4.70. The van der Waals surface area contributed by atoms with Crippen molar-refractivity contribution in [2.45, 2.75) is 65.5 Å². The van der Waals surface area contributed by atoms with Crippen LogP contribution in [-0.4, -0.2) is 50.9 Å². The summed E-state index contributed by atoms with van der Waals surface area (Å²) in [6.45, 7) is 14.9. The Bertz CT molecular complexity index is 2170. The van der Waals surface area contributed by atoms with Gasteiger partial charge in [-0.25, -0.2) is 14.2 Å². The Balaban J connectivity index is 1.56. The van der Waals surface area contributed by atoms with Gasteiger partial charge in [-0.15, -0.1) is 11.3 Å². The number of aromatic nitrogens is 1. The van der Waals surface area contributed by atoms with E-state index in [0.717, 1.165) is 31.4 Å². The maximum absolute atomic E-state index is 14.0. The predicted octanol–water partition coefficient (Wildman–Crippen LogP) is 9.61. The number of fused-ring (bicyclic) bond motifs is 2. The van der Waals surface area contributed by atoms with E-state index < -0.39 is 26.0 Å². The third kappa shape index (κ3) is 7.05. The van der Waals surface area contributed by atoms with Crippen LogP contribution in [0.1, 0.15) is 64.4 Å². The molecule has 2 aromatic heterocycles. The number of para-hydroxylation sites is 1. The molecule has 0 amide bonds. The summed E-state index contributed by atoms with van der Waals surface area (Å²) < 4.78 is 27.2. The number of hydrogen-bond donors (Lipinski definition) is 0. The van der Waals surface area contributed by atoms with Gasteiger partial charge in [0.05, 0.1) is 35.4 Å². The second-order valence-corrected chi connectivity index (χ2v) is 20.2. The molecule has 0 aliphatic heterocycles. The molecule has 9 heteroatoms. The van der Waals surface area contributed by atoms with Crippen molar-refractivity contribution in [3.8, 4) is 16.3 Å². The molecule has 0 atom stereocenters. The summed E-state index contributed by atoms with van der Waals surface area (Å²) in [6, 6.07) is 34.6. The molecule has 0 N–H and O–H groups in total. The zero-order valence-electron chi connectivity index (χ0n) is 31.2. The van der Waals surface area contributed by atoms with E-state index in [1.54, 1.807) is 24.7 Å². The minimum atomic E-state index is -2.85. The molecule has 0 unspecified atom stereocenters. The van der Waals surface area contributed by atoms with Gasteiger partial charge in [0, 0.05) is 22.1 Å². The zero-order valence-corrected chi connectivity index (χ0v) is 33.1. The summed E-state index contributed by atoms with van der Waals surface area (Å²) in [5.41, 5.74) is 2.12. The minimum absolute atomic E-state index is 0.204. The fourth-order valence-electron chi connectivity index (χ4n) is 7.09. The summed E-state index contributed by atoms with van der Waals surface area (Å²) in [7, 11) is -1.24. The molecule has 6 aromatic rings. The van der Waals surface area contributed by atoms with Gasteiger partial charge in [0.2, 0.25) is 0 Å². The fraction of sp³-hybridized carbons (Fsp3) is 0.302. The Kier molecular flexibility index (Phi) is 10.5. The second-order valence-electron chi connectivity index (χ2n) is 14.8. The van der Waals surface area contributed by atoms with Crippen LogP contribution >= 0.6 is 11.3 Å². The van der Waals surface area contributed by atoms with Crippen molar-refractivity contribution >= 4 is 63.1 Å². The van der Waals surface area contributed by atoms with Gasteiger partial charge in [0.15, 0.2) is 0 Å². The molecular weight excluding hydrogens is 687 g/mol. The number of rotatable bonds is 10. The number of ether oxygens (including phenoxy) is 3. The van der Waals surface area contributed by atoms with E-state index in [4.69, 9.17) is 18.6 Å². The van der Waals surface area contributed by atoms with Crippen LogP contribution in [0.2, 0.25) is 5.04 Å². The van der Waals surface area contributed by atoms with Crippen molar-refractivity contribution in [1.82, 2.24) is 4.57 Å². The van der Waals surface area contributed by atoms with E-state index >= 15 is 0 Å². The van der Waals surface area contributed by atoms with E-state index in [0.29, 0.717) is 30.0 Å². The second kappa shape index (κ2) is 14.7. The quantitative estimate of drug-likeness (QED) is 0.103. The van der Waals surface area contributed by atoms with Crippen LogP contribution in [0.15, 0.2) is 103 Å². The number of carbonyl (C=O) groups is 2. The molecule has 52 heavy (non-hydrogen) atoms. The van der Waals surface area contributed by atoms with Crippen molar-refractivity contribution < 1.29 is 28.2 Å². The lowest BCUT2D eigenvalue weighted by atomic mass is 10.0. The molecule has 0 aliphatic carbocycles. The number of thiophene rings is 1. The van der Waals surface area contributed by atoms with Crippen LogP contribution in [-0.2, 0) is 20.3 Å². The SMILES string of the molecule is CCOC(=O)c1cc(OC)c2c(CCO[Si](c3ccccc3)(c3ccccc3)C(C)(C)C)c(-c3cc4ccccc4n3C(=O)OC(C)(C)C)sc2c1. The van der Waals surface area contributed by atoms with Gasteiger partial charge in [-0.2, -0.15) is 0 Å². The Labute approximate surface area is 311 Å².